The molecule has 0 amide bonds. The number of hydrogen-bond donors (Lipinski definition) is 1. The number of halogens is 3. The molecule has 10 heteroatoms. The van der Waals surface area contributed by atoms with Gasteiger partial charge in [-0.05, 0) is 53.6 Å². The van der Waals surface area contributed by atoms with Crippen molar-refractivity contribution >= 4 is 27.6 Å². The van der Waals surface area contributed by atoms with Crippen molar-refractivity contribution < 1.29 is 26.3 Å². The van der Waals surface area contributed by atoms with Gasteiger partial charge in [-0.1, -0.05) is 24.8 Å². The first-order valence-corrected chi connectivity index (χ1v) is 11.1. The highest BCUT2D eigenvalue weighted by molar-refractivity contribution is 7.89. The van der Waals surface area contributed by atoms with Crippen LogP contribution in [0.15, 0.2) is 72.3 Å². The number of rotatable bonds is 8. The predicted molar refractivity (Wildman–Crippen MR) is 121 cm³/mol. The summed E-state index contributed by atoms with van der Waals surface area (Å²) in [6, 6.07) is 13.6. The number of nitrogens with zero attached hydrogens (tertiary/aromatic N) is 2. The van der Waals surface area contributed by atoms with Crippen LogP contribution in [0.1, 0.15) is 16.7 Å². The van der Waals surface area contributed by atoms with E-state index in [9.17, 15) is 21.6 Å². The van der Waals surface area contributed by atoms with Crippen molar-refractivity contribution in [3.63, 3.8) is 0 Å². The fraction of sp³-hybridized carbons (Fsp3) is 0.174. The van der Waals surface area contributed by atoms with Crippen LogP contribution in [0.4, 0.5) is 24.7 Å². The van der Waals surface area contributed by atoms with Crippen LogP contribution in [-0.4, -0.2) is 31.9 Å². The summed E-state index contributed by atoms with van der Waals surface area (Å²) >= 11 is 0. The van der Waals surface area contributed by atoms with E-state index in [-0.39, 0.29) is 17.3 Å². The molecule has 0 bridgehead atoms. The van der Waals surface area contributed by atoms with E-state index in [2.05, 4.69) is 16.9 Å². The molecule has 0 fully saturated rings. The van der Waals surface area contributed by atoms with Gasteiger partial charge in [-0.15, -0.1) is 0 Å². The lowest BCUT2D eigenvalue weighted by Gasteiger charge is -2.19. The van der Waals surface area contributed by atoms with Crippen LogP contribution < -0.4 is 10.1 Å². The maximum Gasteiger partial charge on any atom is 0.417 e. The van der Waals surface area contributed by atoms with E-state index in [0.29, 0.717) is 17.0 Å². The lowest BCUT2D eigenvalue weighted by Crippen LogP contribution is -2.26. The highest BCUT2D eigenvalue weighted by atomic mass is 32.2. The number of aromatic nitrogens is 1. The molecular formula is C23H22F3N3O3S. The number of hydrogen-bond acceptors (Lipinski definition) is 5. The first-order valence-electron chi connectivity index (χ1n) is 9.70. The van der Waals surface area contributed by atoms with E-state index in [1.54, 1.807) is 31.4 Å². The van der Waals surface area contributed by atoms with Crippen LogP contribution in [-0.2, 0) is 22.7 Å². The number of pyridine rings is 1. The second-order valence-corrected chi connectivity index (χ2v) is 9.16. The molecule has 2 aromatic carbocycles. The van der Waals surface area contributed by atoms with E-state index in [0.717, 1.165) is 17.8 Å². The van der Waals surface area contributed by atoms with Crippen LogP contribution in [0.25, 0.3) is 6.08 Å². The van der Waals surface area contributed by atoms with Gasteiger partial charge in [-0.2, -0.15) is 17.5 Å². The van der Waals surface area contributed by atoms with Crippen LogP contribution in [0, 0.1) is 0 Å². The minimum absolute atomic E-state index is 0.0549. The van der Waals surface area contributed by atoms with Gasteiger partial charge in [0.25, 0.3) is 0 Å². The van der Waals surface area contributed by atoms with Crippen molar-refractivity contribution in [2.45, 2.75) is 17.6 Å². The Kier molecular flexibility index (Phi) is 7.09. The normalized spacial score (nSPS) is 11.9. The van der Waals surface area contributed by atoms with E-state index >= 15 is 0 Å². The second kappa shape index (κ2) is 9.63. The number of alkyl halides is 3. The summed E-state index contributed by atoms with van der Waals surface area (Å²) in [5.74, 6) is 0.851. The van der Waals surface area contributed by atoms with Gasteiger partial charge in [-0.25, -0.2) is 13.4 Å². The van der Waals surface area contributed by atoms with Crippen LogP contribution in [0.5, 0.6) is 5.75 Å². The SMILES string of the molecule is C=Cc1cc(S(=O)(=O)N(C)Cc2ccc(OC)cc2)ccc1Nc1ccc(C(F)(F)F)cn1. The van der Waals surface area contributed by atoms with Crippen LogP contribution in [0.3, 0.4) is 0 Å². The standard InChI is InChI=1S/C23H22F3N3O3S/c1-4-17-13-20(33(30,31)29(2)15-16-5-8-19(32-3)9-6-16)10-11-21(17)28-22-12-7-18(14-27-22)23(24,25)26/h4-14H,1,15H2,2-3H3,(H,27,28). The zero-order valence-electron chi connectivity index (χ0n) is 17.9. The van der Waals surface area contributed by atoms with Gasteiger partial charge < -0.3 is 10.1 Å². The van der Waals surface area contributed by atoms with E-state index in [4.69, 9.17) is 4.74 Å². The average Bonchev–Trinajstić information content (AvgIpc) is 2.79. The van der Waals surface area contributed by atoms with E-state index in [1.807, 2.05) is 0 Å². The number of sulfonamides is 1. The molecule has 1 heterocycles. The Balaban J connectivity index is 1.80. The molecule has 6 nitrogen and oxygen atoms in total. The molecule has 0 saturated carbocycles. The summed E-state index contributed by atoms with van der Waals surface area (Å²) in [5.41, 5.74) is 0.834. The summed E-state index contributed by atoms with van der Waals surface area (Å²) in [4.78, 5) is 3.83. The summed E-state index contributed by atoms with van der Waals surface area (Å²) in [6.07, 6.45) is -2.30. The van der Waals surface area contributed by atoms with Crippen molar-refractivity contribution in [2.24, 2.45) is 0 Å². The second-order valence-electron chi connectivity index (χ2n) is 7.12. The number of ether oxygens (including phenoxy) is 1. The number of benzene rings is 2. The third kappa shape index (κ3) is 5.71. The van der Waals surface area contributed by atoms with E-state index < -0.39 is 21.8 Å². The molecule has 1 N–H and O–H groups in total. The Bertz CT molecular complexity index is 1230. The Morgan fingerprint density at radius 2 is 1.82 bits per heavy atom. The Labute approximate surface area is 190 Å². The summed E-state index contributed by atoms with van der Waals surface area (Å²) in [5, 5.41) is 2.89. The molecule has 3 rings (SSSR count). The molecular weight excluding hydrogens is 455 g/mol. The van der Waals surface area contributed by atoms with E-state index in [1.165, 1.54) is 41.7 Å². The van der Waals surface area contributed by atoms with Crippen molar-refractivity contribution in [2.75, 3.05) is 19.5 Å². The molecule has 0 unspecified atom stereocenters. The molecule has 0 atom stereocenters. The van der Waals surface area contributed by atoms with Gasteiger partial charge in [0.1, 0.15) is 11.6 Å². The van der Waals surface area contributed by atoms with Gasteiger partial charge in [-0.3, -0.25) is 0 Å². The summed E-state index contributed by atoms with van der Waals surface area (Å²) < 4.78 is 70.6. The minimum Gasteiger partial charge on any atom is -0.497 e. The third-order valence-corrected chi connectivity index (χ3v) is 6.67. The molecule has 0 spiro atoms. The van der Waals surface area contributed by atoms with Crippen molar-refractivity contribution in [1.29, 1.82) is 0 Å². The largest absolute Gasteiger partial charge is 0.497 e. The Hall–Kier alpha value is -3.37. The Morgan fingerprint density at radius 3 is 2.36 bits per heavy atom. The zero-order valence-corrected chi connectivity index (χ0v) is 18.7. The zero-order chi connectivity index (χ0) is 24.2. The monoisotopic (exact) mass is 477 g/mol. The molecule has 3 aromatic rings. The fourth-order valence-corrected chi connectivity index (χ4v) is 4.21. The molecule has 0 saturated heterocycles. The molecule has 0 aliphatic carbocycles. The van der Waals surface area contributed by atoms with Crippen molar-refractivity contribution in [1.82, 2.24) is 9.29 Å². The average molecular weight is 478 g/mol. The number of anilines is 2. The number of methoxy groups -OCH3 is 1. The maximum atomic E-state index is 13.1. The highest BCUT2D eigenvalue weighted by Crippen LogP contribution is 2.30. The van der Waals surface area contributed by atoms with Gasteiger partial charge in [0.2, 0.25) is 10.0 Å². The summed E-state index contributed by atoms with van der Waals surface area (Å²) in [6.45, 7) is 3.86. The quantitative estimate of drug-likeness (QED) is 0.476. The predicted octanol–water partition coefficient (Wildman–Crippen LogP) is 5.32. The lowest BCUT2D eigenvalue weighted by atomic mass is 10.1. The lowest BCUT2D eigenvalue weighted by molar-refractivity contribution is -0.137. The smallest absolute Gasteiger partial charge is 0.417 e. The fourth-order valence-electron chi connectivity index (χ4n) is 3.01. The van der Waals surface area contributed by atoms with Gasteiger partial charge in [0, 0.05) is 25.5 Å². The van der Waals surface area contributed by atoms with Crippen molar-refractivity contribution in [3.05, 3.63) is 84.1 Å². The molecule has 0 aliphatic rings. The highest BCUT2D eigenvalue weighted by Gasteiger charge is 2.30. The molecule has 33 heavy (non-hydrogen) atoms. The number of nitrogens with one attached hydrogen (secondary N) is 1. The summed E-state index contributed by atoms with van der Waals surface area (Å²) in [7, 11) is -0.783. The van der Waals surface area contributed by atoms with Crippen LogP contribution >= 0.6 is 0 Å². The maximum absolute atomic E-state index is 13.1. The molecule has 1 aromatic heterocycles. The minimum atomic E-state index is -4.48. The molecule has 0 aliphatic heterocycles. The first-order chi connectivity index (χ1) is 15.5. The van der Waals surface area contributed by atoms with Crippen LogP contribution in [0.2, 0.25) is 0 Å². The third-order valence-electron chi connectivity index (χ3n) is 4.87. The van der Waals surface area contributed by atoms with Gasteiger partial charge in [0.05, 0.1) is 17.6 Å². The Morgan fingerprint density at radius 1 is 1.12 bits per heavy atom. The topological polar surface area (TPSA) is 71.5 Å². The molecule has 174 valence electrons. The van der Waals surface area contributed by atoms with Crippen molar-refractivity contribution in [3.8, 4) is 5.75 Å². The molecule has 0 radical (unpaired) electrons. The van der Waals surface area contributed by atoms with Gasteiger partial charge >= 0.3 is 6.18 Å². The van der Waals surface area contributed by atoms with Gasteiger partial charge in [0.15, 0.2) is 0 Å². The first kappa shape index (κ1) is 24.3.